The minimum atomic E-state index is -0.772. The van der Waals surface area contributed by atoms with Gasteiger partial charge in [0.15, 0.2) is 0 Å². The summed E-state index contributed by atoms with van der Waals surface area (Å²) < 4.78 is 5.45. The molecule has 5 heteroatoms. The number of aliphatic hydroxyl groups excluding tert-OH is 3. The van der Waals surface area contributed by atoms with Gasteiger partial charge in [-0.05, 0) is 87.4 Å². The minimum absolute atomic E-state index is 0.0621. The SMILES string of the molecule is CCCCOC(=O)C1(C(O)/C=C/[C@@H](C)[C@H]2CC[C@H]3/C(=C/C=C4CC(O)C(C)[C@H](O)C4)CCC[C@]23C)CC1. The number of esters is 1. The Kier molecular flexibility index (Phi) is 9.08. The number of aliphatic hydroxyl groups is 3. The standard InChI is InChI=1S/C32H50O5/c1-5-6-18-37-30(36)32(16-17-32)29(35)14-9-21(2)25-12-13-26-24(8-7-15-31(25,26)4)11-10-23-19-27(33)22(3)28(34)20-23/h9-11,14,21-22,25-29,33-35H,5-8,12-13,15-20H2,1-4H3/b14-9+,23-10?,24-11+/t21-,22?,25-,26+,27-,28?,29?,31-/m1/s1. The van der Waals surface area contributed by atoms with Gasteiger partial charge < -0.3 is 20.1 Å². The smallest absolute Gasteiger partial charge is 0.315 e. The Morgan fingerprint density at radius 1 is 1.11 bits per heavy atom. The maximum absolute atomic E-state index is 12.6. The van der Waals surface area contributed by atoms with Gasteiger partial charge >= 0.3 is 5.97 Å². The number of hydrogen-bond donors (Lipinski definition) is 3. The zero-order valence-electron chi connectivity index (χ0n) is 23.5. The Morgan fingerprint density at radius 2 is 1.81 bits per heavy atom. The molecule has 0 aromatic rings. The fourth-order valence-electron chi connectivity index (χ4n) is 7.56. The van der Waals surface area contributed by atoms with Crippen LogP contribution in [-0.4, -0.2) is 46.2 Å². The molecule has 37 heavy (non-hydrogen) atoms. The van der Waals surface area contributed by atoms with E-state index in [4.69, 9.17) is 4.74 Å². The van der Waals surface area contributed by atoms with Crippen LogP contribution in [-0.2, 0) is 9.53 Å². The van der Waals surface area contributed by atoms with E-state index in [9.17, 15) is 20.1 Å². The first-order valence-electron chi connectivity index (χ1n) is 14.9. The largest absolute Gasteiger partial charge is 0.465 e. The lowest BCUT2D eigenvalue weighted by Gasteiger charge is -2.44. The summed E-state index contributed by atoms with van der Waals surface area (Å²) in [6, 6.07) is 0. The molecular formula is C32H50O5. The van der Waals surface area contributed by atoms with Crippen molar-refractivity contribution in [2.24, 2.45) is 34.5 Å². The van der Waals surface area contributed by atoms with Crippen LogP contribution in [0.3, 0.4) is 0 Å². The molecule has 0 saturated heterocycles. The molecule has 0 radical (unpaired) electrons. The van der Waals surface area contributed by atoms with E-state index in [1.165, 1.54) is 31.3 Å². The lowest BCUT2D eigenvalue weighted by atomic mass is 9.61. The van der Waals surface area contributed by atoms with Gasteiger partial charge in [-0.25, -0.2) is 0 Å². The van der Waals surface area contributed by atoms with Gasteiger partial charge in [-0.15, -0.1) is 0 Å². The van der Waals surface area contributed by atoms with E-state index in [0.29, 0.717) is 50.0 Å². The van der Waals surface area contributed by atoms with E-state index in [-0.39, 0.29) is 17.3 Å². The number of ether oxygens (including phenoxy) is 1. The van der Waals surface area contributed by atoms with Gasteiger partial charge in [0.05, 0.1) is 30.3 Å². The van der Waals surface area contributed by atoms with E-state index in [0.717, 1.165) is 24.8 Å². The summed E-state index contributed by atoms with van der Waals surface area (Å²) in [5.41, 5.74) is 2.18. The van der Waals surface area contributed by atoms with Crippen molar-refractivity contribution in [3.8, 4) is 0 Å². The average molecular weight is 515 g/mol. The van der Waals surface area contributed by atoms with Crippen molar-refractivity contribution in [3.05, 3.63) is 35.5 Å². The van der Waals surface area contributed by atoms with Crippen molar-refractivity contribution in [2.75, 3.05) is 6.61 Å². The molecule has 4 saturated carbocycles. The molecule has 0 bridgehead atoms. The van der Waals surface area contributed by atoms with Crippen molar-refractivity contribution in [2.45, 2.75) is 117 Å². The van der Waals surface area contributed by atoms with E-state index in [1.807, 2.05) is 13.0 Å². The molecule has 5 nitrogen and oxygen atoms in total. The zero-order valence-corrected chi connectivity index (χ0v) is 23.5. The van der Waals surface area contributed by atoms with E-state index in [1.54, 1.807) is 0 Å². The molecule has 4 aliphatic rings. The first kappa shape index (κ1) is 28.6. The molecule has 0 heterocycles. The number of hydrogen-bond acceptors (Lipinski definition) is 5. The molecule has 4 rings (SSSR count). The highest BCUT2D eigenvalue weighted by Gasteiger charge is 2.56. The second kappa shape index (κ2) is 11.8. The molecule has 4 fully saturated rings. The second-order valence-corrected chi connectivity index (χ2v) is 12.9. The molecule has 208 valence electrons. The highest BCUT2D eigenvalue weighted by atomic mass is 16.5. The van der Waals surface area contributed by atoms with Crippen molar-refractivity contribution in [1.82, 2.24) is 0 Å². The van der Waals surface area contributed by atoms with Gasteiger partial charge in [-0.2, -0.15) is 0 Å². The number of unbranched alkanes of at least 4 members (excludes halogenated alkanes) is 1. The van der Waals surface area contributed by atoms with Crippen LogP contribution >= 0.6 is 0 Å². The number of carbonyl (C=O) groups is 1. The summed E-state index contributed by atoms with van der Waals surface area (Å²) in [6.07, 6.45) is 17.3. The van der Waals surface area contributed by atoms with Crippen molar-refractivity contribution in [1.29, 1.82) is 0 Å². The zero-order chi connectivity index (χ0) is 26.8. The third kappa shape index (κ3) is 5.94. The van der Waals surface area contributed by atoms with Gasteiger partial charge in [0.25, 0.3) is 0 Å². The average Bonchev–Trinajstić information content (AvgIpc) is 3.60. The van der Waals surface area contributed by atoms with E-state index in [2.05, 4.69) is 39.0 Å². The Morgan fingerprint density at radius 3 is 2.46 bits per heavy atom. The van der Waals surface area contributed by atoms with Crippen LogP contribution in [0.5, 0.6) is 0 Å². The fraction of sp³-hybridized carbons (Fsp3) is 0.781. The molecule has 3 N–H and O–H groups in total. The molecule has 0 amide bonds. The van der Waals surface area contributed by atoms with E-state index < -0.39 is 23.7 Å². The van der Waals surface area contributed by atoms with Crippen LogP contribution in [0.15, 0.2) is 35.5 Å². The molecule has 0 aromatic carbocycles. The van der Waals surface area contributed by atoms with Crippen molar-refractivity contribution < 1.29 is 24.9 Å². The van der Waals surface area contributed by atoms with Gasteiger partial charge in [-0.1, -0.05) is 69.6 Å². The maximum atomic E-state index is 12.6. The maximum Gasteiger partial charge on any atom is 0.315 e. The van der Waals surface area contributed by atoms with Gasteiger partial charge in [-0.3, -0.25) is 4.79 Å². The summed E-state index contributed by atoms with van der Waals surface area (Å²) in [4.78, 5) is 12.6. The molecule has 0 aliphatic heterocycles. The summed E-state index contributed by atoms with van der Waals surface area (Å²) in [7, 11) is 0. The van der Waals surface area contributed by atoms with Gasteiger partial charge in [0, 0.05) is 5.92 Å². The van der Waals surface area contributed by atoms with Crippen molar-refractivity contribution >= 4 is 5.97 Å². The topological polar surface area (TPSA) is 87.0 Å². The molecule has 8 atom stereocenters. The van der Waals surface area contributed by atoms with E-state index >= 15 is 0 Å². The normalized spacial score (nSPS) is 39.1. The molecule has 3 unspecified atom stereocenters. The number of allylic oxidation sites excluding steroid dienone is 4. The van der Waals surface area contributed by atoms with Crippen LogP contribution in [0.1, 0.15) is 98.3 Å². The highest BCUT2D eigenvalue weighted by Crippen LogP contribution is 2.59. The molecule has 0 spiro atoms. The molecular weight excluding hydrogens is 464 g/mol. The summed E-state index contributed by atoms with van der Waals surface area (Å²) in [5, 5.41) is 31.5. The first-order chi connectivity index (χ1) is 17.6. The lowest BCUT2D eigenvalue weighted by molar-refractivity contribution is -0.153. The Balaban J connectivity index is 1.40. The number of rotatable bonds is 9. The van der Waals surface area contributed by atoms with Crippen LogP contribution in [0, 0.1) is 34.5 Å². The Labute approximate surface area is 224 Å². The summed E-state index contributed by atoms with van der Waals surface area (Å²) >= 11 is 0. The van der Waals surface area contributed by atoms with Crippen LogP contribution in [0.25, 0.3) is 0 Å². The van der Waals surface area contributed by atoms with Crippen LogP contribution < -0.4 is 0 Å². The first-order valence-corrected chi connectivity index (χ1v) is 14.9. The minimum Gasteiger partial charge on any atom is -0.465 e. The Bertz CT molecular complexity index is 885. The predicted octanol–water partition coefficient (Wildman–Crippen LogP) is 5.88. The second-order valence-electron chi connectivity index (χ2n) is 12.9. The van der Waals surface area contributed by atoms with Gasteiger partial charge in [0.1, 0.15) is 0 Å². The predicted molar refractivity (Wildman–Crippen MR) is 147 cm³/mol. The van der Waals surface area contributed by atoms with Gasteiger partial charge in [0.2, 0.25) is 0 Å². The van der Waals surface area contributed by atoms with Crippen LogP contribution in [0.2, 0.25) is 0 Å². The quantitative estimate of drug-likeness (QED) is 0.203. The highest BCUT2D eigenvalue weighted by molar-refractivity contribution is 5.81. The lowest BCUT2D eigenvalue weighted by Crippen LogP contribution is -2.36. The molecule has 0 aromatic heterocycles. The van der Waals surface area contributed by atoms with Crippen molar-refractivity contribution in [3.63, 3.8) is 0 Å². The third-order valence-electron chi connectivity index (χ3n) is 10.5. The summed E-state index contributed by atoms with van der Waals surface area (Å²) in [6.45, 7) is 9.17. The number of fused-ring (bicyclic) bond motifs is 1. The monoisotopic (exact) mass is 514 g/mol. The molecule has 4 aliphatic carbocycles. The van der Waals surface area contributed by atoms with Crippen LogP contribution in [0.4, 0.5) is 0 Å². The fourth-order valence-corrected chi connectivity index (χ4v) is 7.56. The third-order valence-corrected chi connectivity index (χ3v) is 10.5. The Hall–Kier alpha value is -1.43. The summed E-state index contributed by atoms with van der Waals surface area (Å²) in [5.74, 6) is 1.14. The number of carbonyl (C=O) groups excluding carboxylic acids is 1.